The molecule has 1 aliphatic heterocycles. The number of esters is 1. The van der Waals surface area contributed by atoms with Gasteiger partial charge in [0.15, 0.2) is 6.10 Å². The third-order valence-electron chi connectivity index (χ3n) is 2.08. The van der Waals surface area contributed by atoms with Gasteiger partial charge < -0.3 is 9.47 Å². The molecule has 0 aromatic rings. The maximum absolute atomic E-state index is 11.4. The summed E-state index contributed by atoms with van der Waals surface area (Å²) >= 11 is 0. The number of carbonyl (C=O) groups is 1. The van der Waals surface area contributed by atoms with Gasteiger partial charge in [0.05, 0.1) is 11.7 Å². The van der Waals surface area contributed by atoms with Crippen LogP contribution in [0.15, 0.2) is 0 Å². The first kappa shape index (κ1) is 10.5. The Labute approximate surface area is 79.4 Å². The predicted octanol–water partition coefficient (Wildman–Crippen LogP) is 1.90. The van der Waals surface area contributed by atoms with Gasteiger partial charge in [-0.1, -0.05) is 0 Å². The van der Waals surface area contributed by atoms with E-state index in [0.29, 0.717) is 0 Å². The minimum Gasteiger partial charge on any atom is -0.461 e. The second-order valence-electron chi connectivity index (χ2n) is 4.39. The molecule has 3 nitrogen and oxygen atoms in total. The van der Waals surface area contributed by atoms with Crippen LogP contribution in [-0.2, 0) is 14.3 Å². The van der Waals surface area contributed by atoms with Gasteiger partial charge in [-0.05, 0) is 40.5 Å². The number of rotatable bonds is 2. The Hall–Kier alpha value is -0.570. The Morgan fingerprint density at radius 1 is 1.54 bits per heavy atom. The van der Waals surface area contributed by atoms with Crippen LogP contribution in [0, 0.1) is 0 Å². The smallest absolute Gasteiger partial charge is 0.335 e. The van der Waals surface area contributed by atoms with Crippen molar-refractivity contribution in [3.05, 3.63) is 0 Å². The van der Waals surface area contributed by atoms with Gasteiger partial charge in [0, 0.05) is 0 Å². The minimum atomic E-state index is -0.350. The number of hydrogen-bond acceptors (Lipinski definition) is 3. The zero-order valence-electron chi connectivity index (χ0n) is 8.79. The zero-order chi connectivity index (χ0) is 10.1. The normalized spacial score (nSPS) is 26.4. The van der Waals surface area contributed by atoms with E-state index in [2.05, 4.69) is 0 Å². The summed E-state index contributed by atoms with van der Waals surface area (Å²) in [5.74, 6) is -0.222. The quantitative estimate of drug-likeness (QED) is 0.618. The molecule has 0 radical (unpaired) electrons. The van der Waals surface area contributed by atoms with E-state index >= 15 is 0 Å². The highest BCUT2D eigenvalue weighted by atomic mass is 16.6. The number of ether oxygens (including phenoxy) is 2. The van der Waals surface area contributed by atoms with Crippen LogP contribution in [0.3, 0.4) is 0 Å². The summed E-state index contributed by atoms with van der Waals surface area (Å²) in [5.41, 5.74) is -0.166. The molecular formula is C10H18O3. The molecule has 0 aliphatic carbocycles. The molecular weight excluding hydrogens is 168 g/mol. The van der Waals surface area contributed by atoms with Crippen LogP contribution in [0.2, 0.25) is 0 Å². The third kappa shape index (κ3) is 2.99. The first-order valence-corrected chi connectivity index (χ1v) is 4.79. The van der Waals surface area contributed by atoms with Crippen LogP contribution >= 0.6 is 0 Å². The standard InChI is InChI=1S/C10H18O3/c1-7(2)12-9(11)8-5-6-10(3,4)13-8/h7-8H,5-6H2,1-4H3. The fraction of sp³-hybridized carbons (Fsp3) is 0.900. The van der Waals surface area contributed by atoms with E-state index in [1.54, 1.807) is 0 Å². The van der Waals surface area contributed by atoms with Crippen LogP contribution in [0.5, 0.6) is 0 Å². The minimum absolute atomic E-state index is 0.0557. The van der Waals surface area contributed by atoms with Crippen molar-refractivity contribution >= 4 is 5.97 Å². The SMILES string of the molecule is CC(C)OC(=O)C1CCC(C)(C)O1. The molecule has 1 aliphatic rings. The van der Waals surface area contributed by atoms with Gasteiger partial charge in [-0.25, -0.2) is 4.79 Å². The molecule has 1 rings (SSSR count). The summed E-state index contributed by atoms with van der Waals surface area (Å²) in [5, 5.41) is 0. The fourth-order valence-electron chi connectivity index (χ4n) is 1.46. The largest absolute Gasteiger partial charge is 0.461 e. The van der Waals surface area contributed by atoms with Crippen molar-refractivity contribution in [2.24, 2.45) is 0 Å². The molecule has 0 aromatic heterocycles. The molecule has 13 heavy (non-hydrogen) atoms. The summed E-state index contributed by atoms with van der Waals surface area (Å²) in [6, 6.07) is 0. The van der Waals surface area contributed by atoms with Crippen molar-refractivity contribution < 1.29 is 14.3 Å². The van der Waals surface area contributed by atoms with Gasteiger partial charge in [-0.15, -0.1) is 0 Å². The lowest BCUT2D eigenvalue weighted by Gasteiger charge is -2.19. The molecule has 0 N–H and O–H groups in total. The molecule has 1 unspecified atom stereocenters. The fourth-order valence-corrected chi connectivity index (χ4v) is 1.46. The lowest BCUT2D eigenvalue weighted by molar-refractivity contribution is -0.163. The molecule has 76 valence electrons. The Kier molecular flexibility index (Phi) is 2.96. The van der Waals surface area contributed by atoms with Crippen LogP contribution in [0.25, 0.3) is 0 Å². The molecule has 0 bridgehead atoms. The van der Waals surface area contributed by atoms with E-state index in [4.69, 9.17) is 9.47 Å². The molecule has 1 fully saturated rings. The second kappa shape index (κ2) is 3.66. The highest BCUT2D eigenvalue weighted by Gasteiger charge is 2.36. The van der Waals surface area contributed by atoms with Gasteiger partial charge in [-0.3, -0.25) is 0 Å². The Balaban J connectivity index is 2.42. The Morgan fingerprint density at radius 3 is 2.54 bits per heavy atom. The first-order valence-electron chi connectivity index (χ1n) is 4.79. The molecule has 0 saturated carbocycles. The average Bonchev–Trinajstić information content (AvgIpc) is 2.28. The van der Waals surface area contributed by atoms with Gasteiger partial charge in [0.2, 0.25) is 0 Å². The van der Waals surface area contributed by atoms with E-state index in [1.807, 2.05) is 27.7 Å². The molecule has 1 heterocycles. The number of carbonyl (C=O) groups excluding carboxylic acids is 1. The number of hydrogen-bond donors (Lipinski definition) is 0. The lowest BCUT2D eigenvalue weighted by atomic mass is 10.1. The molecule has 3 heteroatoms. The van der Waals surface area contributed by atoms with Crippen molar-refractivity contribution in [1.82, 2.24) is 0 Å². The van der Waals surface area contributed by atoms with Crippen LogP contribution in [-0.4, -0.2) is 23.8 Å². The molecule has 0 spiro atoms. The van der Waals surface area contributed by atoms with Crippen molar-refractivity contribution in [3.63, 3.8) is 0 Å². The predicted molar refractivity (Wildman–Crippen MR) is 49.4 cm³/mol. The van der Waals surface area contributed by atoms with Gasteiger partial charge in [0.1, 0.15) is 0 Å². The first-order chi connectivity index (χ1) is 5.91. The van der Waals surface area contributed by atoms with Crippen LogP contribution in [0.4, 0.5) is 0 Å². The summed E-state index contributed by atoms with van der Waals surface area (Å²) in [4.78, 5) is 11.4. The molecule has 1 saturated heterocycles. The second-order valence-corrected chi connectivity index (χ2v) is 4.39. The van der Waals surface area contributed by atoms with Crippen molar-refractivity contribution in [2.75, 3.05) is 0 Å². The maximum Gasteiger partial charge on any atom is 0.335 e. The van der Waals surface area contributed by atoms with E-state index < -0.39 is 0 Å². The maximum atomic E-state index is 11.4. The third-order valence-corrected chi connectivity index (χ3v) is 2.08. The van der Waals surface area contributed by atoms with Gasteiger partial charge >= 0.3 is 5.97 Å². The molecule has 1 atom stereocenters. The molecule has 0 amide bonds. The van der Waals surface area contributed by atoms with Gasteiger partial charge in [0.25, 0.3) is 0 Å². The topological polar surface area (TPSA) is 35.5 Å². The van der Waals surface area contributed by atoms with Crippen molar-refractivity contribution in [3.8, 4) is 0 Å². The molecule has 0 aromatic carbocycles. The van der Waals surface area contributed by atoms with Crippen LogP contribution < -0.4 is 0 Å². The van der Waals surface area contributed by atoms with Crippen molar-refractivity contribution in [2.45, 2.75) is 58.3 Å². The highest BCUT2D eigenvalue weighted by molar-refractivity contribution is 5.75. The van der Waals surface area contributed by atoms with E-state index in [-0.39, 0.29) is 23.8 Å². The van der Waals surface area contributed by atoms with E-state index in [1.165, 1.54) is 0 Å². The average molecular weight is 186 g/mol. The summed E-state index contributed by atoms with van der Waals surface area (Å²) in [6.07, 6.45) is 1.29. The van der Waals surface area contributed by atoms with Crippen LogP contribution in [0.1, 0.15) is 40.5 Å². The Morgan fingerprint density at radius 2 is 2.15 bits per heavy atom. The van der Waals surface area contributed by atoms with E-state index in [0.717, 1.165) is 12.8 Å². The Bertz CT molecular complexity index is 196. The lowest BCUT2D eigenvalue weighted by Crippen LogP contribution is -2.28. The summed E-state index contributed by atoms with van der Waals surface area (Å²) < 4.78 is 10.6. The van der Waals surface area contributed by atoms with E-state index in [9.17, 15) is 4.79 Å². The summed E-state index contributed by atoms with van der Waals surface area (Å²) in [7, 11) is 0. The zero-order valence-corrected chi connectivity index (χ0v) is 8.79. The van der Waals surface area contributed by atoms with Gasteiger partial charge in [-0.2, -0.15) is 0 Å². The summed E-state index contributed by atoms with van der Waals surface area (Å²) in [6.45, 7) is 7.68. The monoisotopic (exact) mass is 186 g/mol. The van der Waals surface area contributed by atoms with Crippen molar-refractivity contribution in [1.29, 1.82) is 0 Å². The highest BCUT2D eigenvalue weighted by Crippen LogP contribution is 2.29.